The summed E-state index contributed by atoms with van der Waals surface area (Å²) in [7, 11) is 1.64. The molecule has 0 bridgehead atoms. The smallest absolute Gasteiger partial charge is 0.263 e. The van der Waals surface area contributed by atoms with Crippen LogP contribution in [-0.2, 0) is 14.3 Å². The highest BCUT2D eigenvalue weighted by atomic mass is 32.1. The third-order valence-corrected chi connectivity index (χ3v) is 4.87. The molecule has 1 fully saturated rings. The van der Waals surface area contributed by atoms with Gasteiger partial charge in [0.05, 0.1) is 24.0 Å². The molecule has 0 radical (unpaired) electrons. The maximum Gasteiger partial charge on any atom is 0.263 e. The van der Waals surface area contributed by atoms with Gasteiger partial charge in [-0.2, -0.15) is 0 Å². The number of amides is 2. The number of rotatable bonds is 9. The van der Waals surface area contributed by atoms with Crippen molar-refractivity contribution in [3.8, 4) is 0 Å². The average molecular weight is 354 g/mol. The molecule has 6 nitrogen and oxygen atoms in total. The van der Waals surface area contributed by atoms with Gasteiger partial charge in [-0.15, -0.1) is 11.3 Å². The van der Waals surface area contributed by atoms with Gasteiger partial charge in [-0.1, -0.05) is 6.07 Å². The van der Waals surface area contributed by atoms with Crippen LogP contribution in [0.15, 0.2) is 17.5 Å². The minimum absolute atomic E-state index is 0.0362. The number of nitrogens with one attached hydrogen (secondary N) is 1. The number of likely N-dealkylation sites (tertiary alicyclic amines) is 1. The van der Waals surface area contributed by atoms with E-state index in [0.29, 0.717) is 32.9 Å². The molecule has 2 rings (SSSR count). The molecule has 0 aliphatic carbocycles. The molecule has 0 saturated carbocycles. The van der Waals surface area contributed by atoms with Gasteiger partial charge >= 0.3 is 0 Å². The second-order valence-corrected chi connectivity index (χ2v) is 6.77. The molecule has 1 aliphatic heterocycles. The number of carbonyl (C=O) groups is 2. The maximum absolute atomic E-state index is 12.4. The summed E-state index contributed by atoms with van der Waals surface area (Å²) in [5.74, 6) is -0.0401. The molecule has 1 unspecified atom stereocenters. The molecule has 1 saturated heterocycles. The lowest BCUT2D eigenvalue weighted by Crippen LogP contribution is -2.45. The largest absolute Gasteiger partial charge is 0.382 e. The highest BCUT2D eigenvalue weighted by molar-refractivity contribution is 7.12. The molecular weight excluding hydrogens is 328 g/mol. The zero-order chi connectivity index (χ0) is 17.2. The normalized spacial score (nSPS) is 17.7. The summed E-state index contributed by atoms with van der Waals surface area (Å²) in [6.45, 7) is 3.61. The molecular formula is C17H26N2O4S. The highest BCUT2D eigenvalue weighted by Crippen LogP contribution is 2.20. The molecule has 1 aromatic heterocycles. The number of nitrogens with zero attached hydrogens (tertiary/aromatic N) is 1. The Bertz CT molecular complexity index is 507. The van der Waals surface area contributed by atoms with Crippen molar-refractivity contribution in [3.05, 3.63) is 22.4 Å². The van der Waals surface area contributed by atoms with Gasteiger partial charge in [0.15, 0.2) is 0 Å². The summed E-state index contributed by atoms with van der Waals surface area (Å²) in [5, 5.41) is 4.85. The van der Waals surface area contributed by atoms with Crippen molar-refractivity contribution in [1.82, 2.24) is 10.2 Å². The van der Waals surface area contributed by atoms with Gasteiger partial charge in [-0.3, -0.25) is 9.59 Å². The Morgan fingerprint density at radius 1 is 1.38 bits per heavy atom. The quantitative estimate of drug-likeness (QED) is 0.686. The van der Waals surface area contributed by atoms with Gasteiger partial charge < -0.3 is 19.7 Å². The van der Waals surface area contributed by atoms with E-state index < -0.39 is 0 Å². The molecule has 1 atom stereocenters. The number of thiophene rings is 1. The molecule has 1 aromatic rings. The number of hydrogen-bond donors (Lipinski definition) is 1. The molecule has 1 N–H and O–H groups in total. The minimum Gasteiger partial charge on any atom is -0.382 e. The Morgan fingerprint density at radius 2 is 2.25 bits per heavy atom. The first kappa shape index (κ1) is 18.9. The van der Waals surface area contributed by atoms with E-state index in [9.17, 15) is 9.59 Å². The third-order valence-electron chi connectivity index (χ3n) is 4.01. The summed E-state index contributed by atoms with van der Waals surface area (Å²) < 4.78 is 10.3. The Morgan fingerprint density at radius 3 is 3.00 bits per heavy atom. The summed E-state index contributed by atoms with van der Waals surface area (Å²) in [4.78, 5) is 27.2. The summed E-state index contributed by atoms with van der Waals surface area (Å²) in [6.07, 6.45) is 2.49. The van der Waals surface area contributed by atoms with E-state index >= 15 is 0 Å². The van der Waals surface area contributed by atoms with Crippen LogP contribution < -0.4 is 5.32 Å². The predicted molar refractivity (Wildman–Crippen MR) is 93.3 cm³/mol. The van der Waals surface area contributed by atoms with Crippen molar-refractivity contribution >= 4 is 23.2 Å². The van der Waals surface area contributed by atoms with Crippen LogP contribution in [0.3, 0.4) is 0 Å². The van der Waals surface area contributed by atoms with Crippen LogP contribution in [-0.4, -0.2) is 63.3 Å². The first-order chi connectivity index (χ1) is 11.7. The van der Waals surface area contributed by atoms with Crippen LogP contribution in [0.1, 0.15) is 28.9 Å². The predicted octanol–water partition coefficient (Wildman–Crippen LogP) is 1.77. The first-order valence-electron chi connectivity index (χ1n) is 8.39. The van der Waals surface area contributed by atoms with E-state index in [0.717, 1.165) is 30.7 Å². The van der Waals surface area contributed by atoms with E-state index in [-0.39, 0.29) is 17.7 Å². The molecule has 134 valence electrons. The Balaban J connectivity index is 1.68. The number of methoxy groups -OCH3 is 1. The van der Waals surface area contributed by atoms with Gasteiger partial charge in [0.1, 0.15) is 0 Å². The Kier molecular flexibility index (Phi) is 8.21. The van der Waals surface area contributed by atoms with E-state index in [2.05, 4.69) is 5.32 Å². The number of ether oxygens (including phenoxy) is 2. The minimum atomic E-state index is -0.114. The molecule has 7 heteroatoms. The second kappa shape index (κ2) is 10.4. The fraction of sp³-hybridized carbons (Fsp3) is 0.647. The zero-order valence-corrected chi connectivity index (χ0v) is 15.0. The van der Waals surface area contributed by atoms with Gasteiger partial charge in [-0.25, -0.2) is 0 Å². The maximum atomic E-state index is 12.4. The third kappa shape index (κ3) is 5.89. The number of carbonyl (C=O) groups excluding carboxylic acids is 2. The van der Waals surface area contributed by atoms with E-state index in [4.69, 9.17) is 9.47 Å². The van der Waals surface area contributed by atoms with Crippen molar-refractivity contribution in [2.45, 2.75) is 19.3 Å². The van der Waals surface area contributed by atoms with Crippen LogP contribution in [0.25, 0.3) is 0 Å². The van der Waals surface area contributed by atoms with Crippen molar-refractivity contribution in [1.29, 1.82) is 0 Å². The van der Waals surface area contributed by atoms with Crippen molar-refractivity contribution in [3.63, 3.8) is 0 Å². The Labute approximate surface area is 147 Å². The molecule has 2 heterocycles. The fourth-order valence-corrected chi connectivity index (χ4v) is 3.40. The monoisotopic (exact) mass is 354 g/mol. The van der Waals surface area contributed by atoms with E-state index in [1.807, 2.05) is 17.5 Å². The van der Waals surface area contributed by atoms with E-state index in [1.54, 1.807) is 12.0 Å². The molecule has 2 amide bonds. The van der Waals surface area contributed by atoms with Crippen molar-refractivity contribution < 1.29 is 19.1 Å². The zero-order valence-electron chi connectivity index (χ0n) is 14.2. The highest BCUT2D eigenvalue weighted by Gasteiger charge is 2.28. The topological polar surface area (TPSA) is 67.9 Å². The van der Waals surface area contributed by atoms with Gasteiger partial charge in [-0.05, 0) is 30.7 Å². The number of hydrogen-bond acceptors (Lipinski definition) is 5. The SMILES string of the molecule is COCCOCCCNC(=O)C1CCCN(C(=O)c2cccs2)C1. The first-order valence-corrected chi connectivity index (χ1v) is 9.27. The van der Waals surface area contributed by atoms with Crippen LogP contribution in [0.4, 0.5) is 0 Å². The average Bonchev–Trinajstić information content (AvgIpc) is 3.15. The summed E-state index contributed by atoms with van der Waals surface area (Å²) in [5.41, 5.74) is 0. The van der Waals surface area contributed by atoms with Crippen LogP contribution >= 0.6 is 11.3 Å². The van der Waals surface area contributed by atoms with Crippen LogP contribution in [0, 0.1) is 5.92 Å². The van der Waals surface area contributed by atoms with Gasteiger partial charge in [0.2, 0.25) is 5.91 Å². The molecule has 0 spiro atoms. The molecule has 1 aliphatic rings. The number of piperidine rings is 1. The lowest BCUT2D eigenvalue weighted by Gasteiger charge is -2.31. The fourth-order valence-electron chi connectivity index (χ4n) is 2.71. The van der Waals surface area contributed by atoms with Crippen molar-refractivity contribution in [2.24, 2.45) is 5.92 Å². The standard InChI is InChI=1S/C17H26N2O4S/c1-22-10-11-23-9-4-7-18-16(20)14-5-2-8-19(13-14)17(21)15-6-3-12-24-15/h3,6,12,14H,2,4-5,7-11,13H2,1H3,(H,18,20). The Hall–Kier alpha value is -1.44. The summed E-state index contributed by atoms with van der Waals surface area (Å²) in [6, 6.07) is 3.71. The summed E-state index contributed by atoms with van der Waals surface area (Å²) >= 11 is 1.44. The van der Waals surface area contributed by atoms with Crippen LogP contribution in [0.2, 0.25) is 0 Å². The van der Waals surface area contributed by atoms with Crippen molar-refractivity contribution in [2.75, 3.05) is 46.6 Å². The molecule has 24 heavy (non-hydrogen) atoms. The van der Waals surface area contributed by atoms with E-state index in [1.165, 1.54) is 11.3 Å². The molecule has 0 aromatic carbocycles. The second-order valence-electron chi connectivity index (χ2n) is 5.82. The van der Waals surface area contributed by atoms with Crippen LogP contribution in [0.5, 0.6) is 0 Å². The van der Waals surface area contributed by atoms with Gasteiger partial charge in [0, 0.05) is 33.4 Å². The lowest BCUT2D eigenvalue weighted by atomic mass is 9.97. The lowest BCUT2D eigenvalue weighted by molar-refractivity contribution is -0.126. The van der Waals surface area contributed by atoms with Gasteiger partial charge in [0.25, 0.3) is 5.91 Å².